The normalized spacial score (nSPS) is 27.1. The molecule has 17 heteroatoms. The number of hydrogen-bond acceptors (Lipinski definition) is 10. The molecule has 2 fully saturated rings. The van der Waals surface area contributed by atoms with Crippen molar-refractivity contribution in [3.05, 3.63) is 118 Å². The molecular formula is C37H44N6O11. The second-order valence-electron chi connectivity index (χ2n) is 13.1. The van der Waals surface area contributed by atoms with Crippen LogP contribution in [0.15, 0.2) is 96.1 Å². The van der Waals surface area contributed by atoms with E-state index in [0.717, 1.165) is 11.1 Å². The van der Waals surface area contributed by atoms with Gasteiger partial charge in [0.15, 0.2) is 6.29 Å². The van der Waals surface area contributed by atoms with Crippen LogP contribution >= 0.6 is 0 Å². The van der Waals surface area contributed by atoms with E-state index in [0.29, 0.717) is 12.0 Å². The summed E-state index contributed by atoms with van der Waals surface area (Å²) in [4.78, 5) is 42.0. The molecule has 0 radical (unpaired) electrons. The zero-order valence-corrected chi connectivity index (χ0v) is 29.4. The van der Waals surface area contributed by atoms with Gasteiger partial charge in [0.2, 0.25) is 0 Å². The highest BCUT2D eigenvalue weighted by Gasteiger charge is 2.54. The van der Waals surface area contributed by atoms with Gasteiger partial charge >= 0.3 is 18.3 Å². The highest BCUT2D eigenvalue weighted by Crippen LogP contribution is 2.33. The number of aliphatic hydroxyl groups excluding tert-OH is 2. The Hall–Kier alpha value is -5.42. The number of carbonyl (C=O) groups is 3. The van der Waals surface area contributed by atoms with E-state index in [1.807, 2.05) is 60.7 Å². The first-order valence-electron chi connectivity index (χ1n) is 17.4. The van der Waals surface area contributed by atoms with Gasteiger partial charge in [0.1, 0.15) is 31.0 Å². The van der Waals surface area contributed by atoms with Crippen LogP contribution in [-0.2, 0) is 38.7 Å². The highest BCUT2D eigenvalue weighted by atomic mass is 16.7. The molecule has 3 aromatic rings. The Labute approximate surface area is 311 Å². The molecule has 17 nitrogen and oxygen atoms in total. The van der Waals surface area contributed by atoms with Gasteiger partial charge in [-0.2, -0.15) is 0 Å². The van der Waals surface area contributed by atoms with E-state index in [4.69, 9.17) is 18.9 Å². The van der Waals surface area contributed by atoms with Crippen molar-refractivity contribution in [2.45, 2.75) is 101 Å². The first-order chi connectivity index (χ1) is 26.0. The fourth-order valence-corrected chi connectivity index (χ4v) is 6.75. The number of carbonyl (C=O) groups excluding carboxylic acids is 1. The van der Waals surface area contributed by atoms with Crippen LogP contribution in [0.1, 0.15) is 36.5 Å². The molecule has 6 N–H and O–H groups in total. The van der Waals surface area contributed by atoms with E-state index in [1.165, 1.54) is 4.90 Å². The maximum absolute atomic E-state index is 13.7. The summed E-state index contributed by atoms with van der Waals surface area (Å²) in [6.45, 7) is 1.84. The molecule has 10 atom stereocenters. The van der Waals surface area contributed by atoms with Crippen molar-refractivity contribution in [3.8, 4) is 0 Å². The summed E-state index contributed by atoms with van der Waals surface area (Å²) in [7, 11) is 0. The van der Waals surface area contributed by atoms with Crippen molar-refractivity contribution in [1.82, 2.24) is 15.5 Å². The summed E-state index contributed by atoms with van der Waals surface area (Å²) in [5, 5.41) is 50.3. The Balaban J connectivity index is 1.41. The van der Waals surface area contributed by atoms with E-state index in [2.05, 4.69) is 20.7 Å². The van der Waals surface area contributed by atoms with Crippen LogP contribution in [0.3, 0.4) is 0 Å². The highest BCUT2D eigenvalue weighted by molar-refractivity contribution is 5.68. The number of ether oxygens (including phenoxy) is 4. The minimum Gasteiger partial charge on any atom is -0.465 e. The Kier molecular flexibility index (Phi) is 14.0. The summed E-state index contributed by atoms with van der Waals surface area (Å²) in [5.41, 5.74) is 11.7. The number of rotatable bonds is 14. The van der Waals surface area contributed by atoms with Gasteiger partial charge in [0, 0.05) is 11.5 Å². The third kappa shape index (κ3) is 10.4. The molecule has 1 aliphatic heterocycles. The van der Waals surface area contributed by atoms with Crippen LogP contribution < -0.4 is 10.6 Å². The lowest BCUT2D eigenvalue weighted by molar-refractivity contribution is -0.272. The lowest BCUT2D eigenvalue weighted by atomic mass is 9.81. The monoisotopic (exact) mass is 748 g/mol. The van der Waals surface area contributed by atoms with Gasteiger partial charge in [0.25, 0.3) is 0 Å². The van der Waals surface area contributed by atoms with Crippen molar-refractivity contribution in [2.75, 3.05) is 0 Å². The summed E-state index contributed by atoms with van der Waals surface area (Å²) >= 11 is 0. The molecular weight excluding hydrogens is 704 g/mol. The van der Waals surface area contributed by atoms with Gasteiger partial charge in [-0.3, -0.25) is 4.90 Å². The average Bonchev–Trinajstić information content (AvgIpc) is 3.17. The maximum Gasteiger partial charge on any atom is 0.410 e. The molecule has 0 aromatic heterocycles. The number of aliphatic hydroxyl groups is 2. The van der Waals surface area contributed by atoms with Crippen molar-refractivity contribution >= 4 is 18.3 Å². The predicted octanol–water partition coefficient (Wildman–Crippen LogP) is 4.38. The quantitative estimate of drug-likeness (QED) is 0.0767. The van der Waals surface area contributed by atoms with Crippen molar-refractivity contribution in [3.63, 3.8) is 0 Å². The Morgan fingerprint density at radius 1 is 0.833 bits per heavy atom. The van der Waals surface area contributed by atoms with Crippen molar-refractivity contribution in [1.29, 1.82) is 0 Å². The van der Waals surface area contributed by atoms with Crippen molar-refractivity contribution in [2.24, 2.45) is 5.11 Å². The van der Waals surface area contributed by atoms with E-state index < -0.39 is 79.3 Å². The van der Waals surface area contributed by atoms with Crippen molar-refractivity contribution < 1.29 is 53.8 Å². The largest absolute Gasteiger partial charge is 0.465 e. The molecule has 1 saturated carbocycles. The third-order valence-corrected chi connectivity index (χ3v) is 9.51. The topological polar surface area (TPSA) is 245 Å². The van der Waals surface area contributed by atoms with Gasteiger partial charge in [-0.05, 0) is 42.0 Å². The minimum atomic E-state index is -1.88. The average molecular weight is 749 g/mol. The van der Waals surface area contributed by atoms with E-state index >= 15 is 0 Å². The van der Waals surface area contributed by atoms with E-state index in [9.17, 15) is 40.3 Å². The molecule has 3 aromatic carbocycles. The summed E-state index contributed by atoms with van der Waals surface area (Å²) < 4.78 is 24.4. The molecule has 1 heterocycles. The van der Waals surface area contributed by atoms with Gasteiger partial charge in [-0.1, -0.05) is 96.1 Å². The van der Waals surface area contributed by atoms with E-state index in [1.54, 1.807) is 37.3 Å². The molecule has 3 amide bonds. The summed E-state index contributed by atoms with van der Waals surface area (Å²) in [5.74, 6) is 0. The third-order valence-electron chi connectivity index (χ3n) is 9.51. The zero-order chi connectivity index (χ0) is 38.6. The molecule has 0 bridgehead atoms. The predicted molar refractivity (Wildman–Crippen MR) is 191 cm³/mol. The number of nitrogens with zero attached hydrogens (tertiary/aromatic N) is 4. The number of amides is 3. The standard InChI is InChI=1S/C37H44N6O11/c1-22(43(19-23-11-5-2-6-12-23)37(50)52-21-25-15-9-4-10-16-25)27-18-17-26(41-42-38)34(53-27)54-33-29(40-36(48)49)32(51-20-24-13-7-3-8-14-24)28(39-35(46)47)30(44)31(33)45/h2-16,22,26-34,39-40,44-45H,17-21H2,1H3,(H,46,47)(H,48,49)/t22-,26-,27+,28+,29+,30+,31-,32-,33-,34-/m1/s1. The number of nitrogens with one attached hydrogen (secondary N) is 2. The van der Waals surface area contributed by atoms with Gasteiger partial charge in [-0.25, -0.2) is 14.4 Å². The molecule has 0 unspecified atom stereocenters. The Bertz CT molecular complexity index is 1720. The van der Waals surface area contributed by atoms with Gasteiger partial charge in [-0.15, -0.1) is 0 Å². The number of carboxylic acid groups (broad SMARTS) is 2. The van der Waals surface area contributed by atoms with E-state index in [-0.39, 0.29) is 26.2 Å². The molecule has 54 heavy (non-hydrogen) atoms. The fourth-order valence-electron chi connectivity index (χ4n) is 6.75. The Morgan fingerprint density at radius 2 is 1.39 bits per heavy atom. The van der Waals surface area contributed by atoms with Crippen LogP contribution in [-0.4, -0.2) is 105 Å². The van der Waals surface area contributed by atoms with Crippen LogP contribution in [0.4, 0.5) is 14.4 Å². The van der Waals surface area contributed by atoms with Crippen LogP contribution in [0.5, 0.6) is 0 Å². The maximum atomic E-state index is 13.7. The van der Waals surface area contributed by atoms with Crippen LogP contribution in [0.2, 0.25) is 0 Å². The second kappa shape index (κ2) is 19.1. The zero-order valence-electron chi connectivity index (χ0n) is 29.4. The van der Waals surface area contributed by atoms with Gasteiger partial charge < -0.3 is 50.0 Å². The number of azide groups is 1. The van der Waals surface area contributed by atoms with Crippen LogP contribution in [0, 0.1) is 0 Å². The summed E-state index contributed by atoms with van der Waals surface area (Å²) in [6.07, 6.45) is -12.1. The molecule has 2 aliphatic rings. The lowest BCUT2D eigenvalue weighted by Gasteiger charge is -2.49. The molecule has 288 valence electrons. The molecule has 1 saturated heterocycles. The Morgan fingerprint density at radius 3 is 1.96 bits per heavy atom. The number of hydrogen-bond donors (Lipinski definition) is 6. The smallest absolute Gasteiger partial charge is 0.410 e. The second-order valence-corrected chi connectivity index (χ2v) is 13.1. The molecule has 5 rings (SSSR count). The number of benzene rings is 3. The SMILES string of the molecule is C[C@H]([C@@H]1CC[C@@H](N=[N+]=[N-])[C@@H](O[C@H]2[C@H](O)[C@@H](O)[C@H](NC(=O)O)[C@@H](OCc3ccccc3)[C@@H]2NC(=O)O)O1)N(Cc1ccccc1)C(=O)OCc1ccccc1. The first kappa shape index (κ1) is 39.8. The van der Waals surface area contributed by atoms with Gasteiger partial charge in [0.05, 0.1) is 36.9 Å². The molecule has 1 aliphatic carbocycles. The minimum absolute atomic E-state index is 0.0268. The summed E-state index contributed by atoms with van der Waals surface area (Å²) in [6, 6.07) is 22.6. The lowest BCUT2D eigenvalue weighted by Crippen LogP contribution is -2.73. The fraction of sp³-hybridized carbons (Fsp3) is 0.432. The first-order valence-corrected chi connectivity index (χ1v) is 17.4. The molecule has 0 spiro atoms. The van der Waals surface area contributed by atoms with Crippen LogP contribution in [0.25, 0.3) is 10.4 Å².